The number of aromatic nitrogens is 3. The number of aromatic hydroxyl groups is 1. The largest absolute Gasteiger partial charge is 0.508 e. The van der Waals surface area contributed by atoms with E-state index in [1.54, 1.807) is 4.90 Å². The highest BCUT2D eigenvalue weighted by atomic mass is 19.3. The first-order chi connectivity index (χ1) is 22.7. The van der Waals surface area contributed by atoms with Gasteiger partial charge < -0.3 is 20.1 Å². The summed E-state index contributed by atoms with van der Waals surface area (Å²) in [6, 6.07) is 4.25. The van der Waals surface area contributed by atoms with Crippen molar-refractivity contribution in [3.05, 3.63) is 47.2 Å². The topological polar surface area (TPSA) is 86.6 Å². The molecule has 1 unspecified atom stereocenters. The number of benzene rings is 2. The molecule has 2 aromatic heterocycles. The van der Waals surface area contributed by atoms with Crippen LogP contribution in [0.25, 0.3) is 32.9 Å². The molecule has 0 bridgehead atoms. The molecule has 0 amide bonds. The average Bonchev–Trinajstić information content (AvgIpc) is 3.63. The highest BCUT2D eigenvalue weighted by molar-refractivity contribution is 6.03. The maximum absolute atomic E-state index is 16.9. The van der Waals surface area contributed by atoms with E-state index in [1.165, 1.54) is 12.1 Å². The predicted octanol–water partition coefficient (Wildman–Crippen LogP) is 6.12. The molecule has 3 saturated heterocycles. The Balaban J connectivity index is 0.00000172. The standard InChI is InChI=1S/C33H30F4N6O2.C2H6/c1-2-21-23(34)6-5-18-13-20(44)14-22(24(18)21)27-26(35)28-25-29(39-27)33(36,37)15-19-16-38-9-12-43(19)30(25)41-31(40-28)45-17-32-7-3-10-42(32)11-4-8-32;1-2/h1,5-6,13-14,19,38,44H,3-4,7-12,15-17H2;1-2H3. The van der Waals surface area contributed by atoms with Gasteiger partial charge in [0.15, 0.2) is 5.82 Å². The smallest absolute Gasteiger partial charge is 0.319 e. The van der Waals surface area contributed by atoms with Crippen LogP contribution in [0.3, 0.4) is 0 Å². The second kappa shape index (κ2) is 11.8. The predicted molar refractivity (Wildman–Crippen MR) is 172 cm³/mol. The van der Waals surface area contributed by atoms with Gasteiger partial charge in [0.1, 0.15) is 40.9 Å². The number of piperazine rings is 1. The molecule has 0 aliphatic carbocycles. The summed E-state index contributed by atoms with van der Waals surface area (Å²) in [6.45, 7) is 7.44. The lowest BCUT2D eigenvalue weighted by molar-refractivity contribution is -0.0224. The van der Waals surface area contributed by atoms with Crippen molar-refractivity contribution in [2.75, 3.05) is 44.2 Å². The molecule has 6 heterocycles. The number of phenols is 1. The quantitative estimate of drug-likeness (QED) is 0.202. The van der Waals surface area contributed by atoms with Gasteiger partial charge in [-0.2, -0.15) is 18.7 Å². The molecule has 2 aromatic carbocycles. The molecule has 0 saturated carbocycles. The number of phenolic OH excluding ortho intramolecular Hbond substituents is 1. The minimum absolute atomic E-state index is 0.0687. The van der Waals surface area contributed by atoms with Crippen molar-refractivity contribution in [3.8, 4) is 35.4 Å². The second-order valence-corrected chi connectivity index (χ2v) is 12.5. The molecule has 4 aliphatic heterocycles. The van der Waals surface area contributed by atoms with Gasteiger partial charge in [0.2, 0.25) is 0 Å². The summed E-state index contributed by atoms with van der Waals surface area (Å²) in [5.41, 5.74) is -2.06. The van der Waals surface area contributed by atoms with Crippen molar-refractivity contribution >= 4 is 27.5 Å². The van der Waals surface area contributed by atoms with Gasteiger partial charge in [0.25, 0.3) is 5.92 Å². The molecular formula is C35H36F4N6O2. The Hall–Kier alpha value is -4.21. The first-order valence-electron chi connectivity index (χ1n) is 16.3. The molecule has 0 spiro atoms. The van der Waals surface area contributed by atoms with E-state index in [-0.39, 0.29) is 57.1 Å². The lowest BCUT2D eigenvalue weighted by Crippen LogP contribution is -2.52. The molecule has 4 aromatic rings. The summed E-state index contributed by atoms with van der Waals surface area (Å²) in [5, 5.41) is 13.9. The van der Waals surface area contributed by atoms with Gasteiger partial charge in [0.05, 0.1) is 16.5 Å². The molecule has 3 fully saturated rings. The average molecular weight is 649 g/mol. The number of nitrogens with zero attached hydrogens (tertiary/aromatic N) is 5. The third-order valence-electron chi connectivity index (χ3n) is 9.94. The Morgan fingerprint density at radius 3 is 2.57 bits per heavy atom. The number of nitrogens with one attached hydrogen (secondary N) is 1. The Bertz CT molecular complexity index is 1920. The van der Waals surface area contributed by atoms with Gasteiger partial charge >= 0.3 is 6.01 Å². The van der Waals surface area contributed by atoms with Gasteiger partial charge in [0, 0.05) is 43.0 Å². The van der Waals surface area contributed by atoms with Crippen LogP contribution in [0.2, 0.25) is 0 Å². The summed E-state index contributed by atoms with van der Waals surface area (Å²) in [5.74, 6) is -3.13. The number of alkyl halides is 2. The van der Waals surface area contributed by atoms with Crippen LogP contribution in [0.15, 0.2) is 24.3 Å². The van der Waals surface area contributed by atoms with E-state index >= 15 is 13.2 Å². The number of hydrogen-bond donors (Lipinski definition) is 2. The van der Waals surface area contributed by atoms with Crippen molar-refractivity contribution in [2.45, 2.75) is 63.5 Å². The third kappa shape index (κ3) is 5.02. The van der Waals surface area contributed by atoms with Gasteiger partial charge in [-0.15, -0.1) is 6.42 Å². The first-order valence-corrected chi connectivity index (χ1v) is 16.3. The van der Waals surface area contributed by atoms with E-state index in [0.29, 0.717) is 25.1 Å². The number of halogens is 4. The maximum atomic E-state index is 16.9. The molecule has 12 heteroatoms. The van der Waals surface area contributed by atoms with Crippen LogP contribution >= 0.6 is 0 Å². The molecular weight excluding hydrogens is 612 g/mol. The number of hydrogen-bond acceptors (Lipinski definition) is 8. The van der Waals surface area contributed by atoms with Crippen molar-refractivity contribution in [3.63, 3.8) is 0 Å². The van der Waals surface area contributed by atoms with Crippen LogP contribution in [-0.4, -0.2) is 75.9 Å². The fourth-order valence-electron chi connectivity index (χ4n) is 7.88. The molecule has 47 heavy (non-hydrogen) atoms. The SMILES string of the molecule is C#Cc1c(F)ccc2cc(O)cc(-c3nc4c5c(nc(OCC67CCCN6CCC7)nc5c3F)N3CCNCC3CC4(F)F)c12.CC. The number of ether oxygens (including phenoxy) is 1. The van der Waals surface area contributed by atoms with E-state index in [4.69, 9.17) is 11.2 Å². The molecule has 0 radical (unpaired) electrons. The lowest BCUT2D eigenvalue weighted by Gasteiger charge is -2.37. The van der Waals surface area contributed by atoms with Crippen LogP contribution in [-0.2, 0) is 5.92 Å². The van der Waals surface area contributed by atoms with E-state index in [0.717, 1.165) is 50.9 Å². The minimum Gasteiger partial charge on any atom is -0.508 e. The van der Waals surface area contributed by atoms with E-state index < -0.39 is 41.4 Å². The maximum Gasteiger partial charge on any atom is 0.319 e. The van der Waals surface area contributed by atoms with Gasteiger partial charge in [-0.05, 0) is 62.4 Å². The van der Waals surface area contributed by atoms with Crippen molar-refractivity contribution < 1.29 is 27.4 Å². The van der Waals surface area contributed by atoms with Crippen molar-refractivity contribution in [1.82, 2.24) is 25.2 Å². The fourth-order valence-corrected chi connectivity index (χ4v) is 7.88. The second-order valence-electron chi connectivity index (χ2n) is 12.5. The zero-order chi connectivity index (χ0) is 33.1. The molecule has 2 N–H and O–H groups in total. The molecule has 246 valence electrons. The Kier molecular flexibility index (Phi) is 7.88. The normalized spacial score (nSPS) is 21.0. The molecule has 8 rings (SSSR count). The van der Waals surface area contributed by atoms with Crippen LogP contribution in [0.1, 0.15) is 57.2 Å². The Morgan fingerprint density at radius 2 is 1.83 bits per heavy atom. The number of fused-ring (bicyclic) bond motifs is 4. The monoisotopic (exact) mass is 648 g/mol. The first kappa shape index (κ1) is 31.4. The summed E-state index contributed by atoms with van der Waals surface area (Å²) < 4.78 is 70.5. The van der Waals surface area contributed by atoms with Crippen LogP contribution < -0.4 is 15.0 Å². The minimum atomic E-state index is -3.50. The Morgan fingerprint density at radius 1 is 1.06 bits per heavy atom. The van der Waals surface area contributed by atoms with Gasteiger partial charge in [-0.25, -0.2) is 13.8 Å². The number of anilines is 1. The summed E-state index contributed by atoms with van der Waals surface area (Å²) in [7, 11) is 0. The highest BCUT2D eigenvalue weighted by Crippen LogP contribution is 2.48. The fraction of sp³-hybridized carbons (Fsp3) is 0.457. The summed E-state index contributed by atoms with van der Waals surface area (Å²) in [4.78, 5) is 17.5. The zero-order valence-corrected chi connectivity index (χ0v) is 26.3. The van der Waals surface area contributed by atoms with Crippen LogP contribution in [0.5, 0.6) is 11.8 Å². The number of terminal acetylenes is 1. The lowest BCUT2D eigenvalue weighted by atomic mass is 9.95. The van der Waals surface area contributed by atoms with Crippen LogP contribution in [0, 0.1) is 24.0 Å². The van der Waals surface area contributed by atoms with Gasteiger partial charge in [-0.1, -0.05) is 25.8 Å². The van der Waals surface area contributed by atoms with Crippen molar-refractivity contribution in [1.29, 1.82) is 0 Å². The summed E-state index contributed by atoms with van der Waals surface area (Å²) >= 11 is 0. The van der Waals surface area contributed by atoms with Gasteiger partial charge in [-0.3, -0.25) is 4.90 Å². The third-order valence-corrected chi connectivity index (χ3v) is 9.94. The van der Waals surface area contributed by atoms with Crippen molar-refractivity contribution in [2.24, 2.45) is 0 Å². The number of pyridine rings is 1. The summed E-state index contributed by atoms with van der Waals surface area (Å²) in [6.07, 6.45) is 9.08. The number of rotatable bonds is 4. The van der Waals surface area contributed by atoms with E-state index in [1.807, 2.05) is 13.8 Å². The Labute approximate surface area is 270 Å². The van der Waals surface area contributed by atoms with E-state index in [9.17, 15) is 9.50 Å². The zero-order valence-electron chi connectivity index (χ0n) is 26.3. The molecule has 4 aliphatic rings. The van der Waals surface area contributed by atoms with E-state index in [2.05, 4.69) is 31.1 Å². The highest BCUT2D eigenvalue weighted by Gasteiger charge is 2.48. The molecule has 1 atom stereocenters. The molecule has 8 nitrogen and oxygen atoms in total. The van der Waals surface area contributed by atoms with Crippen LogP contribution in [0.4, 0.5) is 23.4 Å².